The number of nitrogens with one attached hydrogen (secondary N) is 2. The first kappa shape index (κ1) is 16.9. The Morgan fingerprint density at radius 3 is 2.82 bits per heavy atom. The van der Waals surface area contributed by atoms with Crippen molar-refractivity contribution >= 4 is 29.0 Å². The molecule has 0 heterocycles. The van der Waals surface area contributed by atoms with Crippen LogP contribution in [0.1, 0.15) is 25.7 Å². The number of carbonyl (C=O) groups is 1. The summed E-state index contributed by atoms with van der Waals surface area (Å²) in [5.41, 5.74) is 1.57. The van der Waals surface area contributed by atoms with Crippen molar-refractivity contribution in [2.24, 2.45) is 5.92 Å². The summed E-state index contributed by atoms with van der Waals surface area (Å²) in [4.78, 5) is 13.8. The van der Waals surface area contributed by atoms with Gasteiger partial charge in [-0.15, -0.1) is 0 Å². The molecule has 1 fully saturated rings. The van der Waals surface area contributed by atoms with Crippen molar-refractivity contribution < 1.29 is 9.90 Å². The van der Waals surface area contributed by atoms with Crippen molar-refractivity contribution in [2.45, 2.75) is 31.8 Å². The number of anilines is 2. The molecule has 1 aliphatic carbocycles. The fourth-order valence-electron chi connectivity index (χ4n) is 2.81. The standard InChI is InChI=1S/C16H24ClN3O2/c1-20(2)15-7-6-12(9-14(15)17)19-16(22)18-10-11-4-3-5-13(21)8-11/h6-7,9,11,13,21H,3-5,8,10H2,1-2H3,(H2,18,19,22). The summed E-state index contributed by atoms with van der Waals surface area (Å²) in [5, 5.41) is 15.9. The molecule has 2 unspecified atom stereocenters. The monoisotopic (exact) mass is 325 g/mol. The zero-order chi connectivity index (χ0) is 16.1. The molecule has 22 heavy (non-hydrogen) atoms. The van der Waals surface area contributed by atoms with Crippen LogP contribution >= 0.6 is 11.6 Å². The Bertz CT molecular complexity index is 522. The lowest BCUT2D eigenvalue weighted by Crippen LogP contribution is -2.35. The molecule has 0 bridgehead atoms. The predicted molar refractivity (Wildman–Crippen MR) is 90.8 cm³/mol. The fourth-order valence-corrected chi connectivity index (χ4v) is 3.16. The Morgan fingerprint density at radius 2 is 2.18 bits per heavy atom. The van der Waals surface area contributed by atoms with Crippen molar-refractivity contribution in [3.63, 3.8) is 0 Å². The highest BCUT2D eigenvalue weighted by molar-refractivity contribution is 6.33. The number of aliphatic hydroxyl groups is 1. The molecule has 1 aromatic carbocycles. The van der Waals surface area contributed by atoms with Crippen molar-refractivity contribution in [1.82, 2.24) is 5.32 Å². The Labute approximate surface area is 136 Å². The van der Waals surface area contributed by atoms with Gasteiger partial charge >= 0.3 is 6.03 Å². The predicted octanol–water partition coefficient (Wildman–Crippen LogP) is 3.08. The first-order chi connectivity index (χ1) is 10.5. The van der Waals surface area contributed by atoms with Crippen LogP contribution in [0.5, 0.6) is 0 Å². The van der Waals surface area contributed by atoms with E-state index in [9.17, 15) is 9.90 Å². The molecule has 2 atom stereocenters. The third kappa shape index (κ3) is 4.78. The number of halogens is 1. The average Bonchev–Trinajstić information content (AvgIpc) is 2.45. The van der Waals surface area contributed by atoms with Gasteiger partial charge in [0, 0.05) is 26.3 Å². The molecule has 122 valence electrons. The van der Waals surface area contributed by atoms with E-state index in [4.69, 9.17) is 11.6 Å². The molecule has 2 rings (SSSR count). The number of amides is 2. The molecule has 5 nitrogen and oxygen atoms in total. The number of aliphatic hydroxyl groups excluding tert-OH is 1. The smallest absolute Gasteiger partial charge is 0.319 e. The van der Waals surface area contributed by atoms with Crippen LogP contribution in [0.2, 0.25) is 5.02 Å². The highest BCUT2D eigenvalue weighted by Gasteiger charge is 2.20. The van der Waals surface area contributed by atoms with Gasteiger partial charge in [0.25, 0.3) is 0 Å². The van der Waals surface area contributed by atoms with E-state index in [0.717, 1.165) is 31.4 Å². The number of benzene rings is 1. The number of hydrogen-bond donors (Lipinski definition) is 3. The molecule has 0 saturated heterocycles. The molecule has 0 radical (unpaired) electrons. The molecule has 0 spiro atoms. The Hall–Kier alpha value is -1.46. The van der Waals surface area contributed by atoms with Gasteiger partial charge in [0.15, 0.2) is 0 Å². The molecule has 1 aliphatic rings. The minimum atomic E-state index is -0.242. The summed E-state index contributed by atoms with van der Waals surface area (Å²) in [5.74, 6) is 0.356. The Balaban J connectivity index is 1.83. The van der Waals surface area contributed by atoms with E-state index in [1.54, 1.807) is 6.07 Å². The molecule has 1 aromatic rings. The van der Waals surface area contributed by atoms with Crippen LogP contribution < -0.4 is 15.5 Å². The first-order valence-corrected chi connectivity index (χ1v) is 8.03. The quantitative estimate of drug-likeness (QED) is 0.797. The average molecular weight is 326 g/mol. The molecular weight excluding hydrogens is 302 g/mol. The molecule has 6 heteroatoms. The van der Waals surface area contributed by atoms with Crippen molar-refractivity contribution in [3.05, 3.63) is 23.2 Å². The van der Waals surface area contributed by atoms with E-state index < -0.39 is 0 Å². The lowest BCUT2D eigenvalue weighted by atomic mass is 9.87. The highest BCUT2D eigenvalue weighted by Crippen LogP contribution is 2.27. The highest BCUT2D eigenvalue weighted by atomic mass is 35.5. The molecular formula is C16H24ClN3O2. The second kappa shape index (κ2) is 7.70. The maximum absolute atomic E-state index is 11.9. The van der Waals surface area contributed by atoms with Gasteiger partial charge in [-0.3, -0.25) is 0 Å². The van der Waals surface area contributed by atoms with Crippen LogP contribution in [0.4, 0.5) is 16.2 Å². The summed E-state index contributed by atoms with van der Waals surface area (Å²) in [6, 6.07) is 5.19. The van der Waals surface area contributed by atoms with Crippen molar-refractivity contribution in [3.8, 4) is 0 Å². The number of carbonyl (C=O) groups excluding carboxylic acids is 1. The summed E-state index contributed by atoms with van der Waals surface area (Å²) in [7, 11) is 3.83. The van der Waals surface area contributed by atoms with Gasteiger partial charge in [0.1, 0.15) is 0 Å². The maximum Gasteiger partial charge on any atom is 0.319 e. The van der Waals surface area contributed by atoms with E-state index in [1.807, 2.05) is 31.1 Å². The third-order valence-electron chi connectivity index (χ3n) is 3.99. The van der Waals surface area contributed by atoms with Crippen LogP contribution in [-0.4, -0.2) is 37.9 Å². The number of hydrogen-bond acceptors (Lipinski definition) is 3. The van der Waals surface area contributed by atoms with E-state index in [-0.39, 0.29) is 12.1 Å². The lowest BCUT2D eigenvalue weighted by Gasteiger charge is -2.25. The van der Waals surface area contributed by atoms with Crippen molar-refractivity contribution in [2.75, 3.05) is 30.9 Å². The zero-order valence-corrected chi connectivity index (χ0v) is 13.9. The lowest BCUT2D eigenvalue weighted by molar-refractivity contribution is 0.101. The van der Waals surface area contributed by atoms with Gasteiger partial charge in [-0.05, 0) is 43.4 Å². The van der Waals surface area contributed by atoms with E-state index in [0.29, 0.717) is 23.2 Å². The van der Waals surface area contributed by atoms with E-state index in [1.165, 1.54) is 0 Å². The van der Waals surface area contributed by atoms with Crippen LogP contribution in [-0.2, 0) is 0 Å². The topological polar surface area (TPSA) is 64.6 Å². The van der Waals surface area contributed by atoms with E-state index >= 15 is 0 Å². The molecule has 0 aliphatic heterocycles. The first-order valence-electron chi connectivity index (χ1n) is 7.65. The van der Waals surface area contributed by atoms with Crippen LogP contribution in [0, 0.1) is 5.92 Å². The van der Waals surface area contributed by atoms with Gasteiger partial charge in [-0.2, -0.15) is 0 Å². The summed E-state index contributed by atoms with van der Waals surface area (Å²) in [6.45, 7) is 0.590. The van der Waals surface area contributed by atoms with Gasteiger partial charge in [0.05, 0.1) is 16.8 Å². The number of urea groups is 1. The molecule has 0 aromatic heterocycles. The van der Waals surface area contributed by atoms with Crippen LogP contribution in [0.25, 0.3) is 0 Å². The minimum Gasteiger partial charge on any atom is -0.393 e. The Kier molecular flexibility index (Phi) is 5.91. The summed E-state index contributed by atoms with van der Waals surface area (Å²) < 4.78 is 0. The van der Waals surface area contributed by atoms with Gasteiger partial charge in [-0.25, -0.2) is 4.79 Å². The van der Waals surface area contributed by atoms with Gasteiger partial charge < -0.3 is 20.6 Å². The van der Waals surface area contributed by atoms with Gasteiger partial charge in [-0.1, -0.05) is 18.0 Å². The van der Waals surface area contributed by atoms with Crippen LogP contribution in [0.15, 0.2) is 18.2 Å². The normalized spacial score (nSPS) is 21.3. The van der Waals surface area contributed by atoms with Gasteiger partial charge in [0.2, 0.25) is 0 Å². The second-order valence-corrected chi connectivity index (χ2v) is 6.49. The summed E-state index contributed by atoms with van der Waals surface area (Å²) >= 11 is 6.18. The molecule has 2 amide bonds. The SMILES string of the molecule is CN(C)c1ccc(NC(=O)NCC2CCCC(O)C2)cc1Cl. The van der Waals surface area contributed by atoms with Crippen LogP contribution in [0.3, 0.4) is 0 Å². The maximum atomic E-state index is 11.9. The number of rotatable bonds is 4. The van der Waals surface area contributed by atoms with E-state index in [2.05, 4.69) is 10.6 Å². The Morgan fingerprint density at radius 1 is 1.41 bits per heavy atom. The third-order valence-corrected chi connectivity index (χ3v) is 4.30. The number of nitrogens with zero attached hydrogens (tertiary/aromatic N) is 1. The molecule has 1 saturated carbocycles. The second-order valence-electron chi connectivity index (χ2n) is 6.08. The van der Waals surface area contributed by atoms with Crippen molar-refractivity contribution in [1.29, 1.82) is 0 Å². The minimum absolute atomic E-state index is 0.221. The molecule has 3 N–H and O–H groups in total. The largest absolute Gasteiger partial charge is 0.393 e. The zero-order valence-electron chi connectivity index (χ0n) is 13.1. The summed E-state index contributed by atoms with van der Waals surface area (Å²) in [6.07, 6.45) is 3.50. The fraction of sp³-hybridized carbons (Fsp3) is 0.562.